The minimum Gasteiger partial charge on any atom is -0.394 e. The van der Waals surface area contributed by atoms with Crippen LogP contribution in [0.1, 0.15) is 341 Å². The first-order chi connectivity index (χ1) is 49.6. The molecule has 12 unspecified atom stereocenters. The molecule has 0 saturated carbocycles. The van der Waals surface area contributed by atoms with Crippen LogP contribution in [0.5, 0.6) is 0 Å². The molecule has 12 atom stereocenters. The normalized spacial score (nSPS) is 22.3. The van der Waals surface area contributed by atoms with Gasteiger partial charge in [-0.15, -0.1) is 0 Å². The predicted molar refractivity (Wildman–Crippen MR) is 419 cm³/mol. The van der Waals surface area contributed by atoms with Crippen LogP contribution in [0.2, 0.25) is 0 Å². The van der Waals surface area contributed by atoms with Crippen LogP contribution in [0.3, 0.4) is 0 Å². The van der Waals surface area contributed by atoms with E-state index in [1.54, 1.807) is 6.08 Å². The molecule has 14 nitrogen and oxygen atoms in total. The SMILES string of the molecule is CC/C=C\C/C=C\C/C=C\C/C=C\C/C=C\C/C=C\C/C=C\C/C=C\CCCCCCCCCCCCC(=O)NC(COC1OC(CO)C(OC2OC(CO)C(O)C(O)C2O)C(O)C1O)C(O)/C=C/CCCCCCCCCCCCCCCCCCCCCCCCCCCCCCCC. The fourth-order valence-corrected chi connectivity index (χ4v) is 13.2. The number of aliphatic hydroxyl groups is 8. The van der Waals surface area contributed by atoms with Gasteiger partial charge in [0.1, 0.15) is 48.8 Å². The summed E-state index contributed by atoms with van der Waals surface area (Å²) in [4.78, 5) is 13.4. The molecule has 9 N–H and O–H groups in total. The van der Waals surface area contributed by atoms with E-state index in [9.17, 15) is 45.6 Å². The number of carbonyl (C=O) groups excluding carboxylic acids is 1. The molecule has 2 aliphatic heterocycles. The number of aliphatic hydroxyl groups excluding tert-OH is 8. The molecule has 2 fully saturated rings. The van der Waals surface area contributed by atoms with Crippen molar-refractivity contribution in [3.63, 3.8) is 0 Å². The molecule has 2 heterocycles. The lowest BCUT2D eigenvalue weighted by Crippen LogP contribution is -2.65. The molecule has 0 aliphatic carbocycles. The summed E-state index contributed by atoms with van der Waals surface area (Å²) in [7, 11) is 0. The molecule has 0 bridgehead atoms. The van der Waals surface area contributed by atoms with Crippen molar-refractivity contribution in [3.05, 3.63) is 109 Å². The number of rotatable bonds is 69. The zero-order chi connectivity index (χ0) is 73.0. The third-order valence-corrected chi connectivity index (χ3v) is 19.7. The summed E-state index contributed by atoms with van der Waals surface area (Å²) in [6.45, 7) is 2.72. The van der Waals surface area contributed by atoms with Gasteiger partial charge in [-0.25, -0.2) is 0 Å². The molecule has 2 rings (SSSR count). The quantitative estimate of drug-likeness (QED) is 0.0204. The van der Waals surface area contributed by atoms with E-state index in [2.05, 4.69) is 116 Å². The van der Waals surface area contributed by atoms with Gasteiger partial charge in [-0.05, 0) is 83.5 Å². The molecular formula is C87H153NO13. The van der Waals surface area contributed by atoms with Gasteiger partial charge >= 0.3 is 0 Å². The Bertz CT molecular complexity index is 2120. The van der Waals surface area contributed by atoms with Crippen molar-refractivity contribution in [2.24, 2.45) is 0 Å². The molecule has 101 heavy (non-hydrogen) atoms. The largest absolute Gasteiger partial charge is 0.394 e. The van der Waals surface area contributed by atoms with Crippen LogP contribution >= 0.6 is 0 Å². The molecule has 0 aromatic rings. The van der Waals surface area contributed by atoms with Gasteiger partial charge in [0, 0.05) is 6.42 Å². The molecule has 0 radical (unpaired) electrons. The van der Waals surface area contributed by atoms with Gasteiger partial charge < -0.3 is 65.1 Å². The molecule has 0 aromatic carbocycles. The van der Waals surface area contributed by atoms with Gasteiger partial charge in [-0.2, -0.15) is 0 Å². The van der Waals surface area contributed by atoms with Crippen molar-refractivity contribution in [1.29, 1.82) is 0 Å². The van der Waals surface area contributed by atoms with Crippen molar-refractivity contribution in [1.82, 2.24) is 5.32 Å². The lowest BCUT2D eigenvalue weighted by atomic mass is 9.97. The van der Waals surface area contributed by atoms with Crippen molar-refractivity contribution >= 4 is 5.91 Å². The summed E-state index contributed by atoms with van der Waals surface area (Å²) >= 11 is 0. The molecule has 14 heteroatoms. The van der Waals surface area contributed by atoms with Gasteiger partial charge in [0.2, 0.25) is 5.91 Å². The lowest BCUT2D eigenvalue weighted by Gasteiger charge is -2.46. The Balaban J connectivity index is 1.62. The minimum absolute atomic E-state index is 0.244. The summed E-state index contributed by atoms with van der Waals surface area (Å²) in [6, 6.07) is -0.927. The van der Waals surface area contributed by atoms with Crippen LogP contribution in [0.25, 0.3) is 0 Å². The van der Waals surface area contributed by atoms with E-state index >= 15 is 0 Å². The van der Waals surface area contributed by atoms with Crippen molar-refractivity contribution in [3.8, 4) is 0 Å². The Morgan fingerprint density at radius 3 is 1.05 bits per heavy atom. The fraction of sp³-hybridized carbons (Fsp3) is 0.782. The van der Waals surface area contributed by atoms with E-state index in [4.69, 9.17) is 18.9 Å². The number of hydrogen-bond donors (Lipinski definition) is 9. The maximum atomic E-state index is 13.4. The first-order valence-corrected chi connectivity index (χ1v) is 41.6. The van der Waals surface area contributed by atoms with Crippen molar-refractivity contribution < 1.29 is 64.6 Å². The van der Waals surface area contributed by atoms with E-state index in [0.717, 1.165) is 96.3 Å². The van der Waals surface area contributed by atoms with Gasteiger partial charge in [0.25, 0.3) is 0 Å². The van der Waals surface area contributed by atoms with Crippen molar-refractivity contribution in [2.75, 3.05) is 19.8 Å². The summed E-state index contributed by atoms with van der Waals surface area (Å²) in [6.07, 6.45) is 84.5. The van der Waals surface area contributed by atoms with E-state index in [0.29, 0.717) is 6.42 Å². The Morgan fingerprint density at radius 1 is 0.366 bits per heavy atom. The van der Waals surface area contributed by atoms with Crippen LogP contribution in [-0.2, 0) is 23.7 Å². The van der Waals surface area contributed by atoms with Crippen LogP contribution in [-0.4, -0.2) is 140 Å². The number of ether oxygens (including phenoxy) is 4. The second kappa shape index (κ2) is 69.7. The van der Waals surface area contributed by atoms with Crippen molar-refractivity contribution in [2.45, 2.75) is 415 Å². The Kier molecular flexibility index (Phi) is 64.7. The van der Waals surface area contributed by atoms with Gasteiger partial charge in [0.05, 0.1) is 32.0 Å². The first-order valence-electron chi connectivity index (χ1n) is 41.6. The Morgan fingerprint density at radius 2 is 0.683 bits per heavy atom. The summed E-state index contributed by atoms with van der Waals surface area (Å²) in [5.41, 5.74) is 0. The Hall–Kier alpha value is -3.35. The smallest absolute Gasteiger partial charge is 0.220 e. The van der Waals surface area contributed by atoms with Gasteiger partial charge in [0.15, 0.2) is 12.6 Å². The Labute approximate surface area is 616 Å². The average Bonchev–Trinajstić information content (AvgIpc) is 0.791. The third-order valence-electron chi connectivity index (χ3n) is 19.7. The van der Waals surface area contributed by atoms with Gasteiger partial charge in [-0.3, -0.25) is 4.79 Å². The maximum absolute atomic E-state index is 13.4. The average molecular weight is 1420 g/mol. The zero-order valence-corrected chi connectivity index (χ0v) is 64.1. The van der Waals surface area contributed by atoms with E-state index in [1.807, 2.05) is 6.08 Å². The highest BCUT2D eigenvalue weighted by atomic mass is 16.7. The summed E-state index contributed by atoms with van der Waals surface area (Å²) in [5, 5.41) is 87.8. The summed E-state index contributed by atoms with van der Waals surface area (Å²) < 4.78 is 22.9. The van der Waals surface area contributed by atoms with Crippen LogP contribution < -0.4 is 5.32 Å². The fourth-order valence-electron chi connectivity index (χ4n) is 13.2. The standard InChI is InChI=1S/C87H153NO13/c1-3-5-7-9-11-13-15-17-19-21-23-25-27-29-31-33-35-37-38-39-41-43-45-47-49-51-53-55-57-59-61-63-65-67-69-71-79(92)88-75(74-98-86-84(97)82(95)85(78(73-90)100-86)101-87-83(96)81(94)80(93)77(72-89)99-87)76(91)70-68-66-64-62-60-58-56-54-52-50-48-46-44-42-40-36-34-32-30-28-26-24-22-20-18-16-14-12-10-8-6-4-2/h5,7,11,13,17,19,23,25,29,31,35,37,39,41,45,47,68,70,75-78,80-87,89-91,93-97H,3-4,6,8-10,12,14-16,18,20-22,24,26-28,30,32-34,36,38,40,42-44,46,48-67,69,71-74H2,1-2H3,(H,88,92)/b7-5-,13-11-,19-17-,25-23-,31-29-,37-35-,41-39-,47-45-,70-68+. The lowest BCUT2D eigenvalue weighted by molar-refractivity contribution is -0.359. The molecular weight excluding hydrogens is 1270 g/mol. The number of amides is 1. The number of hydrogen-bond acceptors (Lipinski definition) is 13. The number of allylic oxidation sites excluding steroid dienone is 17. The summed E-state index contributed by atoms with van der Waals surface area (Å²) in [5.74, 6) is -0.244. The van der Waals surface area contributed by atoms with Crippen LogP contribution in [0, 0.1) is 0 Å². The number of nitrogens with one attached hydrogen (secondary N) is 1. The number of carbonyl (C=O) groups is 1. The monoisotopic (exact) mass is 1420 g/mol. The highest BCUT2D eigenvalue weighted by Crippen LogP contribution is 2.30. The van der Waals surface area contributed by atoms with Crippen LogP contribution in [0.15, 0.2) is 109 Å². The van der Waals surface area contributed by atoms with E-state index in [-0.39, 0.29) is 18.9 Å². The molecule has 1 amide bonds. The molecule has 0 aromatic heterocycles. The van der Waals surface area contributed by atoms with E-state index in [1.165, 1.54) is 218 Å². The predicted octanol–water partition coefficient (Wildman–Crippen LogP) is 19.4. The zero-order valence-electron chi connectivity index (χ0n) is 64.1. The molecule has 2 saturated heterocycles. The number of unbranched alkanes of at least 4 members (excludes halogenated alkanes) is 40. The molecule has 584 valence electrons. The second-order valence-electron chi connectivity index (χ2n) is 28.9. The van der Waals surface area contributed by atoms with E-state index < -0.39 is 86.8 Å². The van der Waals surface area contributed by atoms with Gasteiger partial charge in [-0.1, -0.05) is 361 Å². The second-order valence-corrected chi connectivity index (χ2v) is 28.9. The molecule has 0 spiro atoms. The third kappa shape index (κ3) is 52.3. The topological polar surface area (TPSA) is 228 Å². The highest BCUT2D eigenvalue weighted by Gasteiger charge is 2.51. The van der Waals surface area contributed by atoms with Crippen LogP contribution in [0.4, 0.5) is 0 Å². The minimum atomic E-state index is -1.79. The molecule has 2 aliphatic rings. The first kappa shape index (κ1) is 93.7. The highest BCUT2D eigenvalue weighted by molar-refractivity contribution is 5.76. The maximum Gasteiger partial charge on any atom is 0.220 e.